The lowest BCUT2D eigenvalue weighted by Crippen LogP contribution is -2.37. The minimum Gasteiger partial charge on any atom is -0.444 e. The molecular formula is C28H34N4O3S2. The van der Waals surface area contributed by atoms with Crippen molar-refractivity contribution in [3.05, 3.63) is 72.1 Å². The van der Waals surface area contributed by atoms with E-state index in [1.807, 2.05) is 12.1 Å². The second kappa shape index (κ2) is 12.2. The topological polar surface area (TPSA) is 88.3 Å². The monoisotopic (exact) mass is 538 g/mol. The zero-order valence-electron chi connectivity index (χ0n) is 21.7. The van der Waals surface area contributed by atoms with E-state index in [0.717, 1.165) is 48.0 Å². The lowest BCUT2D eigenvalue weighted by molar-refractivity contribution is -0.121. The van der Waals surface area contributed by atoms with E-state index in [4.69, 9.17) is 4.42 Å². The number of rotatable bonds is 10. The largest absolute Gasteiger partial charge is 0.444 e. The molecule has 3 aromatic rings. The van der Waals surface area contributed by atoms with E-state index < -0.39 is 0 Å². The Labute approximate surface area is 226 Å². The van der Waals surface area contributed by atoms with Crippen LogP contribution in [0.15, 0.2) is 57.9 Å². The van der Waals surface area contributed by atoms with Gasteiger partial charge in [-0.15, -0.1) is 11.8 Å². The molecule has 0 bridgehead atoms. The number of amides is 1. The second-order valence-electron chi connectivity index (χ2n) is 10.3. The van der Waals surface area contributed by atoms with Gasteiger partial charge in [0.2, 0.25) is 11.8 Å². The number of benzene rings is 1. The Bertz CT molecular complexity index is 1220. The Morgan fingerprint density at radius 3 is 2.51 bits per heavy atom. The highest BCUT2D eigenvalue weighted by molar-refractivity contribution is 8.00. The van der Waals surface area contributed by atoms with Crippen LogP contribution in [0.4, 0.5) is 5.13 Å². The molecule has 4 rings (SSSR count). The smallest absolute Gasteiger partial charge is 0.229 e. The Kier molecular flexibility index (Phi) is 9.00. The minimum absolute atomic E-state index is 0.00770. The van der Waals surface area contributed by atoms with Crippen molar-refractivity contribution >= 4 is 39.9 Å². The van der Waals surface area contributed by atoms with Crippen molar-refractivity contribution in [2.24, 2.45) is 5.92 Å². The van der Waals surface area contributed by atoms with Crippen molar-refractivity contribution < 1.29 is 14.0 Å². The molecular weight excluding hydrogens is 504 g/mol. The number of aromatic nitrogens is 2. The molecule has 2 aromatic heterocycles. The van der Waals surface area contributed by atoms with Gasteiger partial charge >= 0.3 is 0 Å². The fourth-order valence-corrected chi connectivity index (χ4v) is 5.82. The summed E-state index contributed by atoms with van der Waals surface area (Å²) < 4.78 is 6.87. The fourth-order valence-electron chi connectivity index (χ4n) is 4.10. The first-order valence-electron chi connectivity index (χ1n) is 12.5. The third kappa shape index (κ3) is 7.87. The molecule has 37 heavy (non-hydrogen) atoms. The predicted octanol–water partition coefficient (Wildman–Crippen LogP) is 5.87. The van der Waals surface area contributed by atoms with Gasteiger partial charge in [0.15, 0.2) is 10.9 Å². The average Bonchev–Trinajstić information content (AvgIpc) is 3.54. The number of carbonyl (C=O) groups excluding carboxylic acids is 2. The molecule has 1 amide bonds. The summed E-state index contributed by atoms with van der Waals surface area (Å²) in [5.74, 6) is 2.26. The van der Waals surface area contributed by atoms with E-state index >= 15 is 0 Å². The fraction of sp³-hybridized carbons (Fsp3) is 0.429. The van der Waals surface area contributed by atoms with Gasteiger partial charge in [-0.05, 0) is 43.1 Å². The van der Waals surface area contributed by atoms with Gasteiger partial charge in [0.25, 0.3) is 0 Å². The maximum absolute atomic E-state index is 12.8. The van der Waals surface area contributed by atoms with E-state index in [2.05, 4.69) is 59.7 Å². The molecule has 0 atom stereocenters. The Morgan fingerprint density at radius 1 is 1.16 bits per heavy atom. The van der Waals surface area contributed by atoms with E-state index in [9.17, 15) is 9.59 Å². The van der Waals surface area contributed by atoms with Gasteiger partial charge in [0, 0.05) is 24.3 Å². The molecule has 1 aromatic carbocycles. The molecule has 0 aliphatic carbocycles. The van der Waals surface area contributed by atoms with E-state index in [1.165, 1.54) is 23.0 Å². The third-order valence-electron chi connectivity index (χ3n) is 6.34. The van der Waals surface area contributed by atoms with Gasteiger partial charge < -0.3 is 9.73 Å². The zero-order valence-corrected chi connectivity index (χ0v) is 23.3. The van der Waals surface area contributed by atoms with Crippen LogP contribution in [0.1, 0.15) is 56.4 Å². The molecule has 0 spiro atoms. The number of thiazole rings is 1. The van der Waals surface area contributed by atoms with Crippen molar-refractivity contribution in [3.63, 3.8) is 0 Å². The van der Waals surface area contributed by atoms with Crippen LogP contribution in [0.3, 0.4) is 0 Å². The van der Waals surface area contributed by atoms with Crippen LogP contribution in [0, 0.1) is 5.92 Å². The Hall–Kier alpha value is -2.75. The van der Waals surface area contributed by atoms with Gasteiger partial charge in [-0.25, -0.2) is 9.97 Å². The summed E-state index contributed by atoms with van der Waals surface area (Å²) in [6.45, 7) is 12.4. The number of nitrogens with one attached hydrogen (secondary N) is 1. The highest BCUT2D eigenvalue weighted by Crippen LogP contribution is 2.32. The van der Waals surface area contributed by atoms with Gasteiger partial charge in [-0.3, -0.25) is 14.5 Å². The van der Waals surface area contributed by atoms with Crippen LogP contribution in [0.5, 0.6) is 0 Å². The minimum atomic E-state index is -0.0620. The standard InChI is InChI=1S/C28H34N4O3S2/c1-5-22(33)14-19-6-8-20(9-7-19)17-32-12-10-21(11-13-32)26(34)31-27-30-16-25(37-27)36-18-24-29-15-23(35-24)28(2,3)4/h5-9,15-16,21H,1,10-14,17-18H2,2-4H3,(H,30,31,34). The number of piperidine rings is 1. The number of anilines is 1. The molecule has 3 heterocycles. The first-order chi connectivity index (χ1) is 17.7. The molecule has 7 nitrogen and oxygen atoms in total. The molecule has 1 aliphatic heterocycles. The quantitative estimate of drug-likeness (QED) is 0.255. The Morgan fingerprint density at radius 2 is 1.86 bits per heavy atom. The van der Waals surface area contributed by atoms with Crippen LogP contribution in [0.25, 0.3) is 0 Å². The number of thioether (sulfide) groups is 1. The molecule has 1 N–H and O–H groups in total. The first kappa shape index (κ1) is 27.3. The molecule has 0 unspecified atom stereocenters. The normalized spacial score (nSPS) is 15.0. The summed E-state index contributed by atoms with van der Waals surface area (Å²) in [7, 11) is 0. The van der Waals surface area contributed by atoms with Crippen molar-refractivity contribution in [1.82, 2.24) is 14.9 Å². The number of carbonyl (C=O) groups is 2. The maximum Gasteiger partial charge on any atom is 0.229 e. The predicted molar refractivity (Wildman–Crippen MR) is 149 cm³/mol. The average molecular weight is 539 g/mol. The second-order valence-corrected chi connectivity index (χ2v) is 12.7. The van der Waals surface area contributed by atoms with Crippen LogP contribution in [0.2, 0.25) is 0 Å². The molecule has 9 heteroatoms. The van der Waals surface area contributed by atoms with E-state index in [1.54, 1.807) is 24.2 Å². The first-order valence-corrected chi connectivity index (χ1v) is 14.3. The summed E-state index contributed by atoms with van der Waals surface area (Å²) in [5, 5.41) is 3.64. The van der Waals surface area contributed by atoms with E-state index in [0.29, 0.717) is 23.2 Å². The lowest BCUT2D eigenvalue weighted by atomic mass is 9.94. The molecule has 0 saturated carbocycles. The number of ketones is 1. The summed E-state index contributed by atoms with van der Waals surface area (Å²) in [4.78, 5) is 35.5. The molecule has 0 radical (unpaired) electrons. The number of oxazole rings is 1. The summed E-state index contributed by atoms with van der Waals surface area (Å²) >= 11 is 3.09. The number of hydrogen-bond donors (Lipinski definition) is 1. The zero-order chi connectivity index (χ0) is 26.4. The molecule has 1 fully saturated rings. The summed E-state index contributed by atoms with van der Waals surface area (Å²) in [5.41, 5.74) is 2.15. The van der Waals surface area contributed by atoms with E-state index in [-0.39, 0.29) is 23.0 Å². The van der Waals surface area contributed by atoms with Gasteiger partial charge in [0.1, 0.15) is 5.76 Å². The molecule has 1 saturated heterocycles. The van der Waals surface area contributed by atoms with Gasteiger partial charge in [-0.1, -0.05) is 63.0 Å². The number of likely N-dealkylation sites (tertiary alicyclic amines) is 1. The third-order valence-corrected chi connectivity index (χ3v) is 8.43. The maximum atomic E-state index is 12.8. The highest BCUT2D eigenvalue weighted by atomic mass is 32.2. The summed E-state index contributed by atoms with van der Waals surface area (Å²) in [6, 6.07) is 8.17. The van der Waals surface area contributed by atoms with Crippen molar-refractivity contribution in [1.29, 1.82) is 0 Å². The SMILES string of the molecule is C=CC(=O)Cc1ccc(CN2CCC(C(=O)Nc3ncc(SCc4ncc(C(C)(C)C)o4)s3)CC2)cc1. The van der Waals surface area contributed by atoms with Crippen LogP contribution in [-0.2, 0) is 33.7 Å². The number of allylic oxidation sites excluding steroid dienone is 1. The highest BCUT2D eigenvalue weighted by Gasteiger charge is 2.26. The number of nitrogens with zero attached hydrogens (tertiary/aromatic N) is 3. The van der Waals surface area contributed by atoms with Crippen molar-refractivity contribution in [2.75, 3.05) is 18.4 Å². The number of hydrogen-bond acceptors (Lipinski definition) is 8. The lowest BCUT2D eigenvalue weighted by Gasteiger charge is -2.31. The molecule has 196 valence electrons. The Balaban J connectivity index is 1.20. The van der Waals surface area contributed by atoms with Crippen LogP contribution < -0.4 is 5.32 Å². The van der Waals surface area contributed by atoms with Gasteiger partial charge in [-0.2, -0.15) is 0 Å². The summed E-state index contributed by atoms with van der Waals surface area (Å²) in [6.07, 6.45) is 6.99. The van der Waals surface area contributed by atoms with Gasteiger partial charge in [0.05, 0.1) is 22.4 Å². The van der Waals surface area contributed by atoms with Crippen molar-refractivity contribution in [2.45, 2.75) is 62.0 Å². The van der Waals surface area contributed by atoms with Crippen LogP contribution in [-0.4, -0.2) is 39.6 Å². The van der Waals surface area contributed by atoms with Crippen molar-refractivity contribution in [3.8, 4) is 0 Å². The molecule has 1 aliphatic rings. The van der Waals surface area contributed by atoms with Crippen LogP contribution >= 0.6 is 23.1 Å².